The van der Waals surface area contributed by atoms with Crippen LogP contribution in [0.15, 0.2) is 60.2 Å². The van der Waals surface area contributed by atoms with E-state index in [0.29, 0.717) is 11.4 Å². The molecule has 1 N–H and O–H groups in total. The van der Waals surface area contributed by atoms with Crippen LogP contribution in [0.5, 0.6) is 5.75 Å². The maximum Gasteiger partial charge on any atom is 0.415 e. The monoisotopic (exact) mass is 568 g/mol. The molecule has 40 heavy (non-hydrogen) atoms. The number of allylic oxidation sites excluding steroid dienone is 5. The fourth-order valence-corrected chi connectivity index (χ4v) is 4.83. The van der Waals surface area contributed by atoms with E-state index in [1.807, 2.05) is 0 Å². The van der Waals surface area contributed by atoms with Gasteiger partial charge in [0.05, 0.1) is 19.1 Å². The largest absolute Gasteiger partial charge is 0.497 e. The fraction of sp³-hybridized carbons (Fsp3) is 0.433. The Morgan fingerprint density at radius 2 is 1.70 bits per heavy atom. The minimum atomic E-state index is -4.79. The summed E-state index contributed by atoms with van der Waals surface area (Å²) in [5.74, 6) is 0.234. The van der Waals surface area contributed by atoms with E-state index in [-0.39, 0.29) is 40.9 Å². The van der Waals surface area contributed by atoms with E-state index in [1.54, 1.807) is 35.8 Å². The van der Waals surface area contributed by atoms with Crippen molar-refractivity contribution in [2.24, 2.45) is 0 Å². The van der Waals surface area contributed by atoms with Crippen LogP contribution in [0.1, 0.15) is 72.8 Å². The number of rotatable bonds is 9. The lowest BCUT2D eigenvalue weighted by Gasteiger charge is -2.22. The molecule has 0 bridgehead atoms. The first kappa shape index (κ1) is 31.1. The van der Waals surface area contributed by atoms with Crippen molar-refractivity contribution in [3.05, 3.63) is 82.7 Å². The molecule has 1 aliphatic carbocycles. The smallest absolute Gasteiger partial charge is 0.415 e. The van der Waals surface area contributed by atoms with Crippen molar-refractivity contribution in [2.45, 2.75) is 77.3 Å². The average Bonchev–Trinajstić information content (AvgIpc) is 3.19. The van der Waals surface area contributed by atoms with E-state index in [4.69, 9.17) is 4.74 Å². The predicted octanol–water partition coefficient (Wildman–Crippen LogP) is 8.32. The van der Waals surface area contributed by atoms with Crippen LogP contribution in [0.2, 0.25) is 0 Å². The van der Waals surface area contributed by atoms with Crippen LogP contribution in [0.25, 0.3) is 5.57 Å². The third-order valence-corrected chi connectivity index (χ3v) is 6.92. The molecule has 0 spiro atoms. The number of aromatic nitrogens is 1. The number of alkyl halides is 6. The molecule has 218 valence electrons. The Morgan fingerprint density at radius 3 is 2.25 bits per heavy atom. The quantitative estimate of drug-likeness (QED) is 0.244. The molecule has 2 aromatic rings. The van der Waals surface area contributed by atoms with Gasteiger partial charge in [-0.1, -0.05) is 49.6 Å². The molecule has 3 rings (SSSR count). The van der Waals surface area contributed by atoms with Gasteiger partial charge in [-0.15, -0.1) is 0 Å². The van der Waals surface area contributed by atoms with Crippen molar-refractivity contribution in [3.8, 4) is 5.75 Å². The maximum atomic E-state index is 13.5. The second-order valence-corrected chi connectivity index (χ2v) is 10.2. The van der Waals surface area contributed by atoms with Crippen LogP contribution in [0.3, 0.4) is 0 Å². The zero-order chi connectivity index (χ0) is 29.7. The van der Waals surface area contributed by atoms with Crippen LogP contribution in [-0.2, 0) is 6.54 Å². The van der Waals surface area contributed by atoms with Gasteiger partial charge in [-0.3, -0.25) is 4.79 Å². The summed E-state index contributed by atoms with van der Waals surface area (Å²) in [7, 11) is 1.51. The zero-order valence-electron chi connectivity index (χ0n) is 22.8. The van der Waals surface area contributed by atoms with Crippen LogP contribution in [0.4, 0.5) is 26.3 Å². The Morgan fingerprint density at radius 1 is 1.07 bits per heavy atom. The van der Waals surface area contributed by atoms with Gasteiger partial charge in [0.2, 0.25) is 0 Å². The first-order valence-corrected chi connectivity index (χ1v) is 13.0. The van der Waals surface area contributed by atoms with Gasteiger partial charge >= 0.3 is 12.4 Å². The topological polar surface area (TPSA) is 43.3 Å². The molecule has 0 radical (unpaired) electrons. The summed E-state index contributed by atoms with van der Waals surface area (Å²) >= 11 is 0. The molecule has 1 amide bonds. The van der Waals surface area contributed by atoms with Crippen LogP contribution >= 0.6 is 0 Å². The molecule has 1 aliphatic rings. The van der Waals surface area contributed by atoms with Gasteiger partial charge in [0.15, 0.2) is 0 Å². The van der Waals surface area contributed by atoms with Gasteiger partial charge in [0, 0.05) is 29.5 Å². The molecular weight excluding hydrogens is 534 g/mol. The third kappa shape index (κ3) is 8.53. The number of nitrogens with one attached hydrogen (secondary N) is 1. The lowest BCUT2D eigenvalue weighted by Crippen LogP contribution is -2.36. The number of amides is 1. The van der Waals surface area contributed by atoms with Crippen molar-refractivity contribution in [1.29, 1.82) is 0 Å². The second-order valence-electron chi connectivity index (χ2n) is 10.2. The molecular formula is C30H34F6N2O2. The molecule has 1 aromatic heterocycles. The van der Waals surface area contributed by atoms with Gasteiger partial charge in [0.1, 0.15) is 5.75 Å². The Labute approximate surface area is 230 Å². The highest BCUT2D eigenvalue weighted by atomic mass is 19.4. The molecule has 0 aliphatic heterocycles. The first-order valence-electron chi connectivity index (χ1n) is 13.0. The molecule has 0 saturated heterocycles. The predicted molar refractivity (Wildman–Crippen MR) is 143 cm³/mol. The van der Waals surface area contributed by atoms with Gasteiger partial charge in [-0.05, 0) is 62.1 Å². The Kier molecular flexibility index (Phi) is 9.97. The van der Waals surface area contributed by atoms with E-state index < -0.39 is 24.3 Å². The second kappa shape index (κ2) is 12.8. The lowest BCUT2D eigenvalue weighted by molar-refractivity contribution is -0.127. The summed E-state index contributed by atoms with van der Waals surface area (Å²) in [6.07, 6.45) is -4.09. The molecule has 1 fully saturated rings. The van der Waals surface area contributed by atoms with Crippen molar-refractivity contribution in [3.63, 3.8) is 0 Å². The Bertz CT molecular complexity index is 1260. The van der Waals surface area contributed by atoms with E-state index in [1.165, 1.54) is 20.1 Å². The molecule has 1 saturated carbocycles. The summed E-state index contributed by atoms with van der Waals surface area (Å²) < 4.78 is 86.7. The number of ether oxygens (including phenoxy) is 1. The van der Waals surface area contributed by atoms with E-state index >= 15 is 0 Å². The Balaban J connectivity index is 2.15. The minimum Gasteiger partial charge on any atom is -0.497 e. The molecule has 10 heteroatoms. The van der Waals surface area contributed by atoms with Crippen molar-refractivity contribution >= 4 is 11.5 Å². The highest BCUT2D eigenvalue weighted by Gasteiger charge is 2.32. The number of hydrogen-bond donors (Lipinski definition) is 1. The maximum absolute atomic E-state index is 13.5. The van der Waals surface area contributed by atoms with Crippen LogP contribution in [0, 0.1) is 6.92 Å². The normalized spacial score (nSPS) is 15.7. The molecule has 0 unspecified atom stereocenters. The van der Waals surface area contributed by atoms with Crippen molar-refractivity contribution in [2.75, 3.05) is 7.11 Å². The molecule has 1 aromatic carbocycles. The average molecular weight is 569 g/mol. The highest BCUT2D eigenvalue weighted by molar-refractivity contribution is 5.97. The number of benzene rings is 1. The Hall–Kier alpha value is -3.43. The van der Waals surface area contributed by atoms with E-state index in [0.717, 1.165) is 49.8 Å². The van der Waals surface area contributed by atoms with Crippen molar-refractivity contribution in [1.82, 2.24) is 9.88 Å². The SMILES string of the molecule is C=C(/C=C(\C=C(/C)CC(F)(F)F)c1cc(C(=O)NC2CCCCC2)c(C)n1Cc1ccc(OC)cc1)C(F)(F)F. The summed E-state index contributed by atoms with van der Waals surface area (Å²) in [6, 6.07) is 8.42. The number of hydrogen-bond acceptors (Lipinski definition) is 2. The van der Waals surface area contributed by atoms with Crippen LogP contribution in [-0.4, -0.2) is 36.0 Å². The van der Waals surface area contributed by atoms with Crippen molar-refractivity contribution < 1.29 is 35.9 Å². The van der Waals surface area contributed by atoms with Gasteiger partial charge in [-0.25, -0.2) is 0 Å². The summed E-state index contributed by atoms with van der Waals surface area (Å²) in [4.78, 5) is 13.3. The highest BCUT2D eigenvalue weighted by Crippen LogP contribution is 2.33. The summed E-state index contributed by atoms with van der Waals surface area (Å²) in [6.45, 7) is 6.13. The zero-order valence-corrected chi connectivity index (χ0v) is 22.8. The third-order valence-electron chi connectivity index (χ3n) is 6.92. The molecule has 4 nitrogen and oxygen atoms in total. The number of nitrogens with zero attached hydrogens (tertiary/aromatic N) is 1. The first-order chi connectivity index (χ1) is 18.7. The fourth-order valence-electron chi connectivity index (χ4n) is 4.83. The van der Waals surface area contributed by atoms with E-state index in [9.17, 15) is 31.1 Å². The van der Waals surface area contributed by atoms with Gasteiger partial charge in [-0.2, -0.15) is 26.3 Å². The number of methoxy groups -OCH3 is 1. The minimum absolute atomic E-state index is 0.0111. The molecule has 0 atom stereocenters. The van der Waals surface area contributed by atoms with Gasteiger partial charge < -0.3 is 14.6 Å². The number of carbonyl (C=O) groups is 1. The standard InChI is InChI=1S/C30H34F6N2O2/c1-19(17-29(31,32)33)14-23(15-20(2)30(34,35)36)27-16-26(28(39)37-24-8-6-5-7-9-24)21(3)38(27)18-22-10-12-25(40-4)13-11-22/h10-16,24H,2,5-9,17-18H2,1,3-4H3,(H,37,39)/b19-14+,23-15+. The van der Waals surface area contributed by atoms with Gasteiger partial charge in [0.25, 0.3) is 5.91 Å². The number of halogens is 6. The van der Waals surface area contributed by atoms with E-state index in [2.05, 4.69) is 11.9 Å². The molecule has 1 heterocycles. The summed E-state index contributed by atoms with van der Waals surface area (Å²) in [5.41, 5.74) is 0.124. The summed E-state index contributed by atoms with van der Waals surface area (Å²) in [5, 5.41) is 3.02. The lowest BCUT2D eigenvalue weighted by atomic mass is 9.95. The van der Waals surface area contributed by atoms with Crippen LogP contribution < -0.4 is 10.1 Å². The number of carbonyl (C=O) groups excluding carboxylic acids is 1.